The molecule has 0 N–H and O–H groups in total. The number of ether oxygens (including phenoxy) is 1. The van der Waals surface area contributed by atoms with Gasteiger partial charge in [0, 0.05) is 11.7 Å². The smallest absolute Gasteiger partial charge is 0.323 e. The normalized spacial score (nSPS) is 32.7. The topological polar surface area (TPSA) is 57.2 Å². The van der Waals surface area contributed by atoms with E-state index in [4.69, 9.17) is 30.1 Å². The molecule has 0 aromatic carbocycles. The van der Waals surface area contributed by atoms with Crippen molar-refractivity contribution in [3.05, 3.63) is 0 Å². The van der Waals surface area contributed by atoms with Gasteiger partial charge in [0.25, 0.3) is 0 Å². The predicted octanol–water partition coefficient (Wildman–Crippen LogP) is 9.19. The molecule has 0 aromatic rings. The number of halogens is 1. The van der Waals surface area contributed by atoms with Crippen molar-refractivity contribution in [2.24, 2.45) is 17.3 Å². The Morgan fingerprint density at radius 1 is 0.953 bits per heavy atom. The quantitative estimate of drug-likeness (QED) is 0.124. The van der Waals surface area contributed by atoms with Crippen LogP contribution in [0.4, 0.5) is 0 Å². The van der Waals surface area contributed by atoms with E-state index in [1.54, 1.807) is 0 Å². The van der Waals surface area contributed by atoms with Crippen molar-refractivity contribution in [2.75, 3.05) is 0 Å². The molecule has 6 nitrogen and oxygen atoms in total. The lowest BCUT2D eigenvalue weighted by atomic mass is 9.43. The largest absolute Gasteiger partial charge is 0.550 e. The maximum atomic E-state index is 13.1. The Balaban J connectivity index is 1.98. The van der Waals surface area contributed by atoms with E-state index >= 15 is 0 Å². The summed E-state index contributed by atoms with van der Waals surface area (Å²) >= 11 is 7.68. The van der Waals surface area contributed by atoms with E-state index in [-0.39, 0.29) is 45.9 Å². The van der Waals surface area contributed by atoms with Crippen molar-refractivity contribution in [3.8, 4) is 0 Å². The first-order valence-corrected chi connectivity index (χ1v) is 27.1. The Labute approximate surface area is 273 Å². The SMILES string of the molecule is CC(C)(C)OC(=O)C[C@H](CC[C@@H](Cl)[B-]1(N([Si](C)(C)C)[Si](C)(C)C)O[C@@H]2C[C@@H]3C[C@@H](C3(C)C)[C@]2(C)O1)O[Si](C)(C)C(C)(C)C. The first-order chi connectivity index (χ1) is 19.0. The zero-order valence-corrected chi connectivity index (χ0v) is 34.6. The summed E-state index contributed by atoms with van der Waals surface area (Å²) in [5.74, 6) is 0.911. The summed E-state index contributed by atoms with van der Waals surface area (Å²) in [5.41, 5.74) is -0.639. The molecule has 1 unspecified atom stereocenters. The second kappa shape index (κ2) is 11.8. The van der Waals surface area contributed by atoms with Gasteiger partial charge in [0.1, 0.15) is 5.60 Å². The lowest BCUT2D eigenvalue weighted by Gasteiger charge is -2.66. The Morgan fingerprint density at radius 2 is 1.49 bits per heavy atom. The Bertz CT molecular complexity index is 1020. The van der Waals surface area contributed by atoms with E-state index < -0.39 is 37.1 Å². The van der Waals surface area contributed by atoms with Crippen LogP contribution in [-0.4, -0.2) is 70.3 Å². The summed E-state index contributed by atoms with van der Waals surface area (Å²) in [4.78, 5) is 13.1. The molecule has 0 spiro atoms. The van der Waals surface area contributed by atoms with Gasteiger partial charge in [0.2, 0.25) is 0 Å². The lowest BCUT2D eigenvalue weighted by molar-refractivity contribution is -0.199. The van der Waals surface area contributed by atoms with E-state index in [0.29, 0.717) is 24.7 Å². The van der Waals surface area contributed by atoms with Crippen LogP contribution in [0.15, 0.2) is 0 Å². The van der Waals surface area contributed by atoms with Crippen molar-refractivity contribution in [2.45, 2.75) is 181 Å². The number of esters is 1. The summed E-state index contributed by atoms with van der Waals surface area (Å²) in [6.07, 6.45) is 3.55. The van der Waals surface area contributed by atoms with E-state index in [9.17, 15) is 4.79 Å². The zero-order valence-electron chi connectivity index (χ0n) is 30.9. The highest BCUT2D eigenvalue weighted by Crippen LogP contribution is 2.67. The highest BCUT2D eigenvalue weighted by molar-refractivity contribution is 7.03. The number of hydrogen-bond donors (Lipinski definition) is 0. The number of alkyl halides is 1. The van der Waals surface area contributed by atoms with Gasteiger partial charge in [-0.05, 0) is 87.6 Å². The third-order valence-electron chi connectivity index (χ3n) is 11.2. The van der Waals surface area contributed by atoms with E-state index in [1.807, 2.05) is 20.8 Å². The summed E-state index contributed by atoms with van der Waals surface area (Å²) < 4.78 is 30.2. The molecule has 252 valence electrons. The predicted molar refractivity (Wildman–Crippen MR) is 190 cm³/mol. The molecular formula is C32H66BClNO5Si3-. The molecule has 4 fully saturated rings. The van der Waals surface area contributed by atoms with Crippen LogP contribution in [0.5, 0.6) is 0 Å². The fraction of sp³-hybridized carbons (Fsp3) is 0.969. The van der Waals surface area contributed by atoms with Crippen LogP contribution in [-0.2, 0) is 23.3 Å². The van der Waals surface area contributed by atoms with Crippen molar-refractivity contribution in [1.82, 2.24) is 4.14 Å². The standard InChI is InChI=1S/C32H66BClNO5Si3/c1-29(2,3)37-28(36)22-24(39-43(16,17)30(4,5)6)18-19-27(34)33(35(41(10,11)12)42(13,14)15)38-26-21-23-20-25(31(23,7)8)32(26,9)40-33/h23-27H,18-22H2,1-17H3/q-1/t23-,24-,25-,26+,27+,32-,33?/m0/s1. The lowest BCUT2D eigenvalue weighted by Crippen LogP contribution is -2.77. The highest BCUT2D eigenvalue weighted by Gasteiger charge is 2.69. The number of nitrogens with zero attached hydrogens (tertiary/aromatic N) is 1. The van der Waals surface area contributed by atoms with Gasteiger partial charge in [-0.3, -0.25) is 4.79 Å². The van der Waals surface area contributed by atoms with Gasteiger partial charge in [0.15, 0.2) is 8.32 Å². The molecule has 1 saturated heterocycles. The monoisotopic (exact) mass is 674 g/mol. The van der Waals surface area contributed by atoms with E-state index in [0.717, 1.165) is 6.42 Å². The Hall–Kier alpha value is 0.316. The number of carbonyl (C=O) groups is 1. The fourth-order valence-corrected chi connectivity index (χ4v) is 21.2. The van der Waals surface area contributed by atoms with Crippen LogP contribution in [0.2, 0.25) is 57.4 Å². The molecule has 11 heteroatoms. The number of rotatable bonds is 11. The first kappa shape index (κ1) is 37.8. The number of carbonyl (C=O) groups excluding carboxylic acids is 1. The maximum absolute atomic E-state index is 13.1. The average molecular weight is 675 g/mol. The third kappa shape index (κ3) is 7.57. The minimum atomic E-state index is -2.16. The maximum Gasteiger partial charge on any atom is 0.323 e. The van der Waals surface area contributed by atoms with Gasteiger partial charge in [-0.1, -0.05) is 80.3 Å². The Morgan fingerprint density at radius 3 is 1.93 bits per heavy atom. The van der Waals surface area contributed by atoms with Crippen LogP contribution >= 0.6 is 11.6 Å². The molecule has 43 heavy (non-hydrogen) atoms. The van der Waals surface area contributed by atoms with Gasteiger partial charge < -0.3 is 22.6 Å². The zero-order chi connectivity index (χ0) is 33.4. The van der Waals surface area contributed by atoms with Gasteiger partial charge in [0.05, 0.1) is 29.0 Å². The van der Waals surface area contributed by atoms with Gasteiger partial charge in [-0.25, -0.2) is 0 Å². The van der Waals surface area contributed by atoms with Crippen LogP contribution < -0.4 is 0 Å². The highest BCUT2D eigenvalue weighted by atomic mass is 35.5. The molecule has 1 heterocycles. The van der Waals surface area contributed by atoms with Crippen LogP contribution in [0.1, 0.15) is 94.4 Å². The molecule has 0 aromatic heterocycles. The summed E-state index contributed by atoms with van der Waals surface area (Å²) in [6.45, 7) is 36.6. The molecule has 2 bridgehead atoms. The summed E-state index contributed by atoms with van der Waals surface area (Å²) in [5, 5.41) is -0.336. The fourth-order valence-electron chi connectivity index (χ4n) is 8.52. The molecule has 7 atom stereocenters. The average Bonchev–Trinajstić information content (AvgIpc) is 3.05. The summed E-state index contributed by atoms with van der Waals surface area (Å²) in [7, 11) is -6.05. The Kier molecular flexibility index (Phi) is 10.3. The van der Waals surface area contributed by atoms with Crippen molar-refractivity contribution in [3.63, 3.8) is 0 Å². The first-order valence-electron chi connectivity index (χ1n) is 16.8. The molecular weight excluding hydrogens is 609 g/mol. The molecule has 0 radical (unpaired) electrons. The minimum absolute atomic E-state index is 0.0206. The molecule has 3 saturated carbocycles. The van der Waals surface area contributed by atoms with Crippen LogP contribution in [0.25, 0.3) is 0 Å². The van der Waals surface area contributed by atoms with Crippen molar-refractivity contribution >= 4 is 49.0 Å². The van der Waals surface area contributed by atoms with Gasteiger partial charge in [-0.2, -0.15) is 11.6 Å². The minimum Gasteiger partial charge on any atom is -0.550 e. The second-order valence-corrected chi connectivity index (χ2v) is 34.7. The second-order valence-electron chi connectivity index (χ2n) is 19.3. The molecule has 4 aliphatic rings. The molecule has 1 aliphatic heterocycles. The molecule has 4 rings (SSSR count). The van der Waals surface area contributed by atoms with Crippen LogP contribution in [0, 0.1) is 17.3 Å². The van der Waals surface area contributed by atoms with Crippen molar-refractivity contribution in [1.29, 1.82) is 0 Å². The van der Waals surface area contributed by atoms with Gasteiger partial charge in [-0.15, -0.1) is 0 Å². The molecule has 0 amide bonds. The third-order valence-corrected chi connectivity index (χ3v) is 23.9. The van der Waals surface area contributed by atoms with E-state index in [1.165, 1.54) is 6.42 Å². The number of hydrogen-bond acceptors (Lipinski definition) is 6. The summed E-state index contributed by atoms with van der Waals surface area (Å²) in [6, 6.07) is 0. The van der Waals surface area contributed by atoms with Crippen molar-refractivity contribution < 1.29 is 23.3 Å². The van der Waals surface area contributed by atoms with Gasteiger partial charge >= 0.3 is 12.7 Å². The van der Waals surface area contributed by atoms with E-state index in [2.05, 4.69) is 98.1 Å². The van der Waals surface area contributed by atoms with Crippen LogP contribution in [0.3, 0.4) is 0 Å². The molecule has 3 aliphatic carbocycles.